The van der Waals surface area contributed by atoms with Crippen molar-refractivity contribution >= 4 is 80.3 Å². The first-order valence-electron chi connectivity index (χ1n) is 30.4. The van der Waals surface area contributed by atoms with E-state index in [2.05, 4.69) is 289 Å². The van der Waals surface area contributed by atoms with Crippen LogP contribution in [-0.2, 0) is 10.8 Å². The van der Waals surface area contributed by atoms with E-state index in [1.165, 1.54) is 66.8 Å². The number of fused-ring (bicyclic) bond motifs is 26. The Morgan fingerprint density at radius 1 is 0.227 bits per heavy atom. The fourth-order valence-corrected chi connectivity index (χ4v) is 17.3. The fraction of sp³-hybridized carbons (Fsp3) is 0.0250. The summed E-state index contributed by atoms with van der Waals surface area (Å²) in [7, 11) is 0. The summed E-state index contributed by atoms with van der Waals surface area (Å²) in [6.07, 6.45) is 0. The SMILES string of the molecule is c1ccc2c(c1)Oc1cc(N3c4ccccc4C4(c5ccccc5-c5ccccc54)c4ccccc43)cc3c1B2c1cc2c(cc1O3)Oc1cc(N3c4ccccc4C4(c5ccccc5-c5ccccc54)c4ccccc43)cc3c1B2c1ccccc1O3. The van der Waals surface area contributed by atoms with Crippen LogP contribution in [0.5, 0.6) is 46.0 Å². The van der Waals surface area contributed by atoms with Gasteiger partial charge in [-0.3, -0.25) is 0 Å². The smallest absolute Gasteiger partial charge is 0.260 e. The quantitative estimate of drug-likeness (QED) is 0.161. The number of rotatable bonds is 2. The first kappa shape index (κ1) is 47.1. The first-order chi connectivity index (χ1) is 43.6. The highest BCUT2D eigenvalue weighted by molar-refractivity contribution is 7.01. The molecule has 0 amide bonds. The minimum atomic E-state index is -0.541. The van der Waals surface area contributed by atoms with E-state index in [0.717, 1.165) is 113 Å². The van der Waals surface area contributed by atoms with Gasteiger partial charge in [-0.2, -0.15) is 0 Å². The van der Waals surface area contributed by atoms with Gasteiger partial charge in [-0.1, -0.05) is 212 Å². The molecule has 0 saturated carbocycles. The molecule has 13 aromatic carbocycles. The maximum Gasteiger partial charge on any atom is 0.260 e. The maximum absolute atomic E-state index is 7.44. The lowest BCUT2D eigenvalue weighted by Gasteiger charge is -2.45. The van der Waals surface area contributed by atoms with Gasteiger partial charge in [0.1, 0.15) is 46.0 Å². The maximum atomic E-state index is 7.44. The van der Waals surface area contributed by atoms with Crippen molar-refractivity contribution in [2.24, 2.45) is 0 Å². The number of para-hydroxylation sites is 6. The zero-order valence-electron chi connectivity index (χ0n) is 47.2. The minimum absolute atomic E-state index is 0.201. The lowest BCUT2D eigenvalue weighted by molar-refractivity contribution is 0.452. The lowest BCUT2D eigenvalue weighted by atomic mass is 9.31. The molecule has 0 N–H and O–H groups in total. The minimum Gasteiger partial charge on any atom is -0.458 e. The molecule has 8 aliphatic rings. The van der Waals surface area contributed by atoms with Crippen molar-refractivity contribution in [1.82, 2.24) is 0 Å². The summed E-state index contributed by atoms with van der Waals surface area (Å²) < 4.78 is 29.1. The Kier molecular flexibility index (Phi) is 9.00. The molecule has 2 spiro atoms. The molecule has 0 saturated heterocycles. The number of ether oxygens (including phenoxy) is 4. The second kappa shape index (κ2) is 16.8. The van der Waals surface area contributed by atoms with Gasteiger partial charge in [-0.05, 0) is 125 Å². The number of hydrogen-bond acceptors (Lipinski definition) is 6. The molecule has 6 aliphatic heterocycles. The first-order valence-corrected chi connectivity index (χ1v) is 30.4. The van der Waals surface area contributed by atoms with Crippen molar-refractivity contribution in [3.63, 3.8) is 0 Å². The summed E-state index contributed by atoms with van der Waals surface area (Å²) in [6, 6.07) is 102. The van der Waals surface area contributed by atoms with Crippen LogP contribution in [0.2, 0.25) is 0 Å². The Balaban J connectivity index is 0.735. The molecule has 0 radical (unpaired) electrons. The van der Waals surface area contributed by atoms with Gasteiger partial charge in [0.2, 0.25) is 0 Å². The summed E-state index contributed by atoms with van der Waals surface area (Å²) in [4.78, 5) is 4.84. The van der Waals surface area contributed by atoms with Gasteiger partial charge in [0.25, 0.3) is 13.4 Å². The predicted octanol–water partition coefficient (Wildman–Crippen LogP) is 15.4. The van der Waals surface area contributed by atoms with Crippen molar-refractivity contribution in [2.75, 3.05) is 9.80 Å². The molecule has 0 fully saturated rings. The zero-order valence-corrected chi connectivity index (χ0v) is 47.2. The van der Waals surface area contributed by atoms with E-state index in [-0.39, 0.29) is 13.4 Å². The highest BCUT2D eigenvalue weighted by atomic mass is 16.5. The van der Waals surface area contributed by atoms with Crippen molar-refractivity contribution in [3.05, 3.63) is 324 Å². The second-order valence-corrected chi connectivity index (χ2v) is 24.4. The summed E-state index contributed by atoms with van der Waals surface area (Å²) in [5.41, 5.74) is 26.7. The third-order valence-electron chi connectivity index (χ3n) is 20.5. The molecule has 2 aliphatic carbocycles. The molecule has 0 unspecified atom stereocenters. The van der Waals surface area contributed by atoms with E-state index in [9.17, 15) is 0 Å². The Bertz CT molecular complexity index is 4810. The monoisotopic (exact) mass is 1120 g/mol. The molecular formula is C80H46B2N2O4. The Labute approximate surface area is 508 Å². The lowest BCUT2D eigenvalue weighted by Crippen LogP contribution is -2.61. The summed E-state index contributed by atoms with van der Waals surface area (Å²) >= 11 is 0. The van der Waals surface area contributed by atoms with Gasteiger partial charge in [0, 0.05) is 41.3 Å². The van der Waals surface area contributed by atoms with Crippen LogP contribution in [-0.4, -0.2) is 13.4 Å². The molecule has 13 aromatic rings. The normalized spacial score (nSPS) is 15.3. The van der Waals surface area contributed by atoms with Crippen molar-refractivity contribution < 1.29 is 18.9 Å². The molecule has 406 valence electrons. The third-order valence-corrected chi connectivity index (χ3v) is 20.5. The molecular weight excluding hydrogens is 1070 g/mol. The largest absolute Gasteiger partial charge is 0.458 e. The Morgan fingerprint density at radius 2 is 0.500 bits per heavy atom. The van der Waals surface area contributed by atoms with Crippen molar-refractivity contribution in [2.45, 2.75) is 10.8 Å². The van der Waals surface area contributed by atoms with Gasteiger partial charge < -0.3 is 28.7 Å². The molecule has 8 heteroatoms. The third kappa shape index (κ3) is 5.72. The van der Waals surface area contributed by atoms with Crippen LogP contribution in [0, 0.1) is 0 Å². The number of anilines is 6. The molecule has 0 bridgehead atoms. The van der Waals surface area contributed by atoms with Crippen LogP contribution in [0.15, 0.2) is 279 Å². The topological polar surface area (TPSA) is 43.4 Å². The zero-order chi connectivity index (χ0) is 57.1. The molecule has 88 heavy (non-hydrogen) atoms. The Morgan fingerprint density at radius 3 is 0.841 bits per heavy atom. The number of hydrogen-bond donors (Lipinski definition) is 0. The molecule has 21 rings (SSSR count). The fourth-order valence-electron chi connectivity index (χ4n) is 17.3. The average Bonchev–Trinajstić information content (AvgIpc) is 1.40. The van der Waals surface area contributed by atoms with Crippen LogP contribution >= 0.6 is 0 Å². The predicted molar refractivity (Wildman–Crippen MR) is 353 cm³/mol. The number of nitrogens with zero attached hydrogens (tertiary/aromatic N) is 2. The molecule has 6 heterocycles. The summed E-state index contributed by atoms with van der Waals surface area (Å²) in [5.74, 6) is 6.18. The molecule has 0 aromatic heterocycles. The van der Waals surface area contributed by atoms with Crippen LogP contribution in [0.25, 0.3) is 22.3 Å². The molecule has 6 nitrogen and oxygen atoms in total. The molecule has 0 atom stereocenters. The summed E-state index contributed by atoms with van der Waals surface area (Å²) in [5, 5.41) is 0. The van der Waals surface area contributed by atoms with Crippen LogP contribution < -0.4 is 61.5 Å². The highest BCUT2D eigenvalue weighted by Crippen LogP contribution is 2.66. The van der Waals surface area contributed by atoms with Gasteiger partial charge >= 0.3 is 0 Å². The van der Waals surface area contributed by atoms with Gasteiger partial charge in [-0.25, -0.2) is 0 Å². The van der Waals surface area contributed by atoms with E-state index < -0.39 is 10.8 Å². The van der Waals surface area contributed by atoms with Gasteiger partial charge in [0.05, 0.1) is 45.0 Å². The standard InChI is InChI=1S/C80H46B2N2O4/c1-5-25-53-49(21-1)50-22-2-6-26-54(50)79(53)57-29-9-15-35-65(57)83(66-36-16-10-30-58(66)79)47-41-73-77-75(43-47)87-71-46-72-64(45-63(71)81(77)61-33-13-19-39-69(61)85-73)82-62-34-14-20-40-70(62)86-74-42-48(44-76(88-72)78(74)82)84-67-37-17-11-31-59(67)80(60-32-12-18-38-68(60)84)55-27-7-3-23-51(55)52-24-4-8-28-56(52)80/h1-46H. The van der Waals surface area contributed by atoms with Crippen molar-refractivity contribution in [3.8, 4) is 68.2 Å². The summed E-state index contributed by atoms with van der Waals surface area (Å²) in [6.45, 7) is -0.401. The van der Waals surface area contributed by atoms with E-state index in [4.69, 9.17) is 18.9 Å². The Hall–Kier alpha value is -11.2. The van der Waals surface area contributed by atoms with E-state index in [0.29, 0.717) is 0 Å². The van der Waals surface area contributed by atoms with E-state index >= 15 is 0 Å². The van der Waals surface area contributed by atoms with Crippen molar-refractivity contribution in [1.29, 1.82) is 0 Å². The highest BCUT2D eigenvalue weighted by Gasteiger charge is 2.54. The van der Waals surface area contributed by atoms with E-state index in [1.807, 2.05) is 0 Å². The van der Waals surface area contributed by atoms with Gasteiger partial charge in [0.15, 0.2) is 0 Å². The van der Waals surface area contributed by atoms with Crippen LogP contribution in [0.4, 0.5) is 34.1 Å². The van der Waals surface area contributed by atoms with E-state index in [1.54, 1.807) is 0 Å². The average molecular weight is 1120 g/mol. The van der Waals surface area contributed by atoms with Gasteiger partial charge in [-0.15, -0.1) is 0 Å². The van der Waals surface area contributed by atoms with Crippen LogP contribution in [0.3, 0.4) is 0 Å². The van der Waals surface area contributed by atoms with Crippen LogP contribution in [0.1, 0.15) is 44.5 Å². The second-order valence-electron chi connectivity index (χ2n) is 24.4. The number of benzene rings is 13.